The Morgan fingerprint density at radius 1 is 1.37 bits per heavy atom. The fraction of sp³-hybridized carbons (Fsp3) is 0.429. The first-order chi connectivity index (χ1) is 8.97. The molecule has 2 amide bonds. The Morgan fingerprint density at radius 2 is 2.00 bits per heavy atom. The number of anilines is 1. The molecule has 0 radical (unpaired) electrons. The number of carbonyl (C=O) groups is 2. The smallest absolute Gasteiger partial charge is 0.229 e. The molecule has 0 spiro atoms. The van der Waals surface area contributed by atoms with Crippen LogP contribution >= 0.6 is 11.6 Å². The summed E-state index contributed by atoms with van der Waals surface area (Å²) in [6.07, 6.45) is 0.348. The monoisotopic (exact) mass is 280 g/mol. The average molecular weight is 281 g/mol. The fourth-order valence-electron chi connectivity index (χ4n) is 2.04. The highest BCUT2D eigenvalue weighted by Crippen LogP contribution is 2.23. The number of nitrogens with zero attached hydrogens (tertiary/aromatic N) is 1. The van der Waals surface area contributed by atoms with Crippen LogP contribution in [-0.4, -0.2) is 24.4 Å². The highest BCUT2D eigenvalue weighted by atomic mass is 35.5. The lowest BCUT2D eigenvalue weighted by Gasteiger charge is -2.18. The molecule has 102 valence electrons. The lowest BCUT2D eigenvalue weighted by Crippen LogP contribution is -2.39. The van der Waals surface area contributed by atoms with E-state index >= 15 is 0 Å². The third kappa shape index (κ3) is 3.26. The Kier molecular flexibility index (Phi) is 4.10. The fourth-order valence-corrected chi connectivity index (χ4v) is 2.17. The van der Waals surface area contributed by atoms with Crippen molar-refractivity contribution < 1.29 is 9.59 Å². The van der Waals surface area contributed by atoms with Gasteiger partial charge in [-0.3, -0.25) is 9.59 Å². The van der Waals surface area contributed by atoms with Crippen LogP contribution in [0, 0.1) is 5.92 Å². The third-order valence-corrected chi connectivity index (χ3v) is 3.39. The van der Waals surface area contributed by atoms with E-state index in [-0.39, 0.29) is 23.8 Å². The minimum Gasteiger partial charge on any atom is -0.351 e. The number of amides is 2. The molecule has 0 bridgehead atoms. The predicted octanol–water partition coefficient (Wildman–Crippen LogP) is 2.22. The van der Waals surface area contributed by atoms with Crippen molar-refractivity contribution in [2.24, 2.45) is 5.92 Å². The van der Waals surface area contributed by atoms with Gasteiger partial charge in [0, 0.05) is 29.6 Å². The second-order valence-corrected chi connectivity index (χ2v) is 5.48. The van der Waals surface area contributed by atoms with Crippen molar-refractivity contribution in [3.63, 3.8) is 0 Å². The Bertz CT molecular complexity index is 485. The van der Waals surface area contributed by atoms with Crippen molar-refractivity contribution >= 4 is 29.1 Å². The van der Waals surface area contributed by atoms with Crippen molar-refractivity contribution in [3.8, 4) is 0 Å². The van der Waals surface area contributed by atoms with Crippen LogP contribution in [-0.2, 0) is 9.59 Å². The molecule has 0 aromatic heterocycles. The minimum atomic E-state index is -0.113. The van der Waals surface area contributed by atoms with Crippen molar-refractivity contribution in [2.75, 3.05) is 11.4 Å². The highest BCUT2D eigenvalue weighted by molar-refractivity contribution is 6.30. The summed E-state index contributed by atoms with van der Waals surface area (Å²) in [7, 11) is 0. The molecule has 1 aromatic rings. The largest absolute Gasteiger partial charge is 0.351 e. The standard InChI is InChI=1S/C14H17ClN2O2/c1-9(2)14(19)16-11-7-13(18)17(8-11)12-5-3-10(15)4-6-12/h3-6,9,11H,7-8H2,1-2H3,(H,16,19)/t11-/m1/s1. The second-order valence-electron chi connectivity index (χ2n) is 5.05. The maximum atomic E-state index is 12.0. The molecule has 1 saturated heterocycles. The summed E-state index contributed by atoms with van der Waals surface area (Å²) in [5.74, 6) is -0.0631. The molecule has 1 aromatic carbocycles. The number of benzene rings is 1. The SMILES string of the molecule is CC(C)C(=O)N[C@@H]1CC(=O)N(c2ccc(Cl)cc2)C1. The van der Waals surface area contributed by atoms with Crippen molar-refractivity contribution in [1.29, 1.82) is 0 Å². The van der Waals surface area contributed by atoms with Gasteiger partial charge >= 0.3 is 0 Å². The summed E-state index contributed by atoms with van der Waals surface area (Å²) in [6.45, 7) is 4.19. The van der Waals surface area contributed by atoms with Crippen LogP contribution in [0.2, 0.25) is 5.02 Å². The van der Waals surface area contributed by atoms with Gasteiger partial charge < -0.3 is 10.2 Å². The maximum Gasteiger partial charge on any atom is 0.229 e. The number of nitrogens with one attached hydrogen (secondary N) is 1. The van der Waals surface area contributed by atoms with E-state index in [1.165, 1.54) is 0 Å². The van der Waals surface area contributed by atoms with Gasteiger partial charge in [0.1, 0.15) is 0 Å². The molecule has 1 heterocycles. The van der Waals surface area contributed by atoms with Gasteiger partial charge in [-0.1, -0.05) is 25.4 Å². The van der Waals surface area contributed by atoms with Crippen LogP contribution in [0.25, 0.3) is 0 Å². The molecule has 1 N–H and O–H groups in total. The molecule has 2 rings (SSSR count). The topological polar surface area (TPSA) is 49.4 Å². The molecule has 1 atom stereocenters. The van der Waals surface area contributed by atoms with E-state index in [1.54, 1.807) is 17.0 Å². The summed E-state index contributed by atoms with van der Waals surface area (Å²) in [5, 5.41) is 3.53. The maximum absolute atomic E-state index is 12.0. The Labute approximate surface area is 117 Å². The van der Waals surface area contributed by atoms with Gasteiger partial charge in [-0.15, -0.1) is 0 Å². The number of rotatable bonds is 3. The van der Waals surface area contributed by atoms with E-state index in [9.17, 15) is 9.59 Å². The van der Waals surface area contributed by atoms with Gasteiger partial charge in [0.05, 0.1) is 6.04 Å². The molecule has 1 aliphatic rings. The summed E-state index contributed by atoms with van der Waals surface area (Å²) in [4.78, 5) is 25.3. The summed E-state index contributed by atoms with van der Waals surface area (Å²) >= 11 is 5.83. The minimum absolute atomic E-state index is 0.0178. The Hall–Kier alpha value is -1.55. The third-order valence-electron chi connectivity index (χ3n) is 3.13. The van der Waals surface area contributed by atoms with Gasteiger partial charge in [0.15, 0.2) is 0 Å². The molecule has 0 unspecified atom stereocenters. The Morgan fingerprint density at radius 3 is 2.58 bits per heavy atom. The van der Waals surface area contributed by atoms with Gasteiger partial charge in [0.2, 0.25) is 11.8 Å². The molecular formula is C14H17ClN2O2. The van der Waals surface area contributed by atoms with E-state index in [0.29, 0.717) is 18.0 Å². The van der Waals surface area contributed by atoms with Gasteiger partial charge in [-0.2, -0.15) is 0 Å². The number of halogens is 1. The van der Waals surface area contributed by atoms with Crippen molar-refractivity contribution in [2.45, 2.75) is 26.3 Å². The predicted molar refractivity (Wildman–Crippen MR) is 75.2 cm³/mol. The molecule has 0 aliphatic carbocycles. The van der Waals surface area contributed by atoms with E-state index in [1.807, 2.05) is 26.0 Å². The van der Waals surface area contributed by atoms with Crippen LogP contribution in [0.3, 0.4) is 0 Å². The summed E-state index contributed by atoms with van der Waals surface area (Å²) < 4.78 is 0. The number of hydrogen-bond acceptors (Lipinski definition) is 2. The van der Waals surface area contributed by atoms with Gasteiger partial charge in [-0.05, 0) is 24.3 Å². The van der Waals surface area contributed by atoms with E-state index in [4.69, 9.17) is 11.6 Å². The molecule has 19 heavy (non-hydrogen) atoms. The lowest BCUT2D eigenvalue weighted by molar-refractivity contribution is -0.124. The van der Waals surface area contributed by atoms with E-state index in [0.717, 1.165) is 5.69 Å². The zero-order chi connectivity index (χ0) is 14.0. The van der Waals surface area contributed by atoms with Gasteiger partial charge in [-0.25, -0.2) is 0 Å². The van der Waals surface area contributed by atoms with E-state index < -0.39 is 0 Å². The number of hydrogen-bond donors (Lipinski definition) is 1. The summed E-state index contributed by atoms with van der Waals surface area (Å²) in [6, 6.07) is 7.02. The first-order valence-corrected chi connectivity index (χ1v) is 6.71. The first-order valence-electron chi connectivity index (χ1n) is 6.33. The molecule has 5 heteroatoms. The number of carbonyl (C=O) groups excluding carboxylic acids is 2. The van der Waals surface area contributed by atoms with Crippen LogP contribution in [0.4, 0.5) is 5.69 Å². The molecule has 1 fully saturated rings. The van der Waals surface area contributed by atoms with Crippen molar-refractivity contribution in [1.82, 2.24) is 5.32 Å². The molecule has 0 saturated carbocycles. The van der Waals surface area contributed by atoms with E-state index in [2.05, 4.69) is 5.32 Å². The normalized spacial score (nSPS) is 19.1. The average Bonchev–Trinajstić information content (AvgIpc) is 2.71. The Balaban J connectivity index is 2.03. The van der Waals surface area contributed by atoms with Crippen LogP contribution in [0.5, 0.6) is 0 Å². The van der Waals surface area contributed by atoms with Crippen LogP contribution in [0.1, 0.15) is 20.3 Å². The molecular weight excluding hydrogens is 264 g/mol. The van der Waals surface area contributed by atoms with Crippen LogP contribution in [0.15, 0.2) is 24.3 Å². The molecule has 1 aliphatic heterocycles. The highest BCUT2D eigenvalue weighted by Gasteiger charge is 2.31. The lowest BCUT2D eigenvalue weighted by atomic mass is 10.2. The summed E-state index contributed by atoms with van der Waals surface area (Å²) in [5.41, 5.74) is 0.815. The zero-order valence-electron chi connectivity index (χ0n) is 11.0. The molecule has 4 nitrogen and oxygen atoms in total. The zero-order valence-corrected chi connectivity index (χ0v) is 11.8. The first kappa shape index (κ1) is 13.9. The second kappa shape index (κ2) is 5.61. The quantitative estimate of drug-likeness (QED) is 0.923. The van der Waals surface area contributed by atoms with Crippen molar-refractivity contribution in [3.05, 3.63) is 29.3 Å². The van der Waals surface area contributed by atoms with Gasteiger partial charge in [0.25, 0.3) is 0 Å². The van der Waals surface area contributed by atoms with Crippen LogP contribution < -0.4 is 10.2 Å².